The number of rotatable bonds is 4. The lowest BCUT2D eigenvalue weighted by molar-refractivity contribution is 0.141. The van der Waals surface area contributed by atoms with Gasteiger partial charge in [-0.1, -0.05) is 6.42 Å². The van der Waals surface area contributed by atoms with Crippen molar-refractivity contribution in [1.29, 1.82) is 0 Å². The van der Waals surface area contributed by atoms with Gasteiger partial charge in [-0.15, -0.1) is 11.8 Å². The Hall–Kier alpha value is -0.650. The van der Waals surface area contributed by atoms with Gasteiger partial charge in [-0.05, 0) is 25.6 Å². The van der Waals surface area contributed by atoms with Gasteiger partial charge in [0.25, 0.3) is 0 Å². The first kappa shape index (κ1) is 12.8. The van der Waals surface area contributed by atoms with E-state index in [1.807, 2.05) is 6.26 Å². The first-order valence-corrected chi connectivity index (χ1v) is 7.35. The van der Waals surface area contributed by atoms with E-state index >= 15 is 0 Å². The number of hydrogen-bond donors (Lipinski definition) is 1. The highest BCUT2D eigenvalue weighted by molar-refractivity contribution is 7.98. The highest BCUT2D eigenvalue weighted by Crippen LogP contribution is 2.21. The van der Waals surface area contributed by atoms with Crippen molar-refractivity contribution in [3.05, 3.63) is 18.1 Å². The molecule has 1 aromatic heterocycles. The van der Waals surface area contributed by atoms with E-state index in [1.54, 1.807) is 24.2 Å². The van der Waals surface area contributed by atoms with Crippen LogP contribution in [-0.2, 0) is 6.54 Å². The normalized spacial score (nSPS) is 21.6. The summed E-state index contributed by atoms with van der Waals surface area (Å²) in [4.78, 5) is 11.3. The van der Waals surface area contributed by atoms with Gasteiger partial charge >= 0.3 is 0 Å². The smallest absolute Gasteiger partial charge is 0.119 e. The molecular formula is C12H20N4S. The maximum atomic E-state index is 5.83. The molecule has 94 valence electrons. The van der Waals surface area contributed by atoms with Crippen molar-refractivity contribution in [2.24, 2.45) is 5.73 Å². The summed E-state index contributed by atoms with van der Waals surface area (Å²) in [5.41, 5.74) is 6.92. The summed E-state index contributed by atoms with van der Waals surface area (Å²) in [5.74, 6) is 0. The van der Waals surface area contributed by atoms with Crippen molar-refractivity contribution in [2.45, 2.75) is 36.9 Å². The lowest BCUT2D eigenvalue weighted by Crippen LogP contribution is -2.43. The zero-order chi connectivity index (χ0) is 12.1. The molecule has 1 atom stereocenters. The van der Waals surface area contributed by atoms with Gasteiger partial charge in [0.2, 0.25) is 0 Å². The van der Waals surface area contributed by atoms with E-state index in [0.29, 0.717) is 6.04 Å². The van der Waals surface area contributed by atoms with E-state index in [9.17, 15) is 0 Å². The maximum Gasteiger partial charge on any atom is 0.119 e. The zero-order valence-corrected chi connectivity index (χ0v) is 11.1. The van der Waals surface area contributed by atoms with Crippen LogP contribution in [0.15, 0.2) is 17.4 Å². The lowest BCUT2D eigenvalue weighted by atomic mass is 10.0. The van der Waals surface area contributed by atoms with Crippen molar-refractivity contribution in [1.82, 2.24) is 14.9 Å². The first-order valence-electron chi connectivity index (χ1n) is 6.13. The molecule has 1 saturated heterocycles. The molecular weight excluding hydrogens is 232 g/mol. The fraction of sp³-hybridized carbons (Fsp3) is 0.667. The topological polar surface area (TPSA) is 55.0 Å². The van der Waals surface area contributed by atoms with Crippen LogP contribution in [0.25, 0.3) is 0 Å². The van der Waals surface area contributed by atoms with E-state index < -0.39 is 0 Å². The van der Waals surface area contributed by atoms with Crippen molar-refractivity contribution in [3.8, 4) is 0 Å². The average Bonchev–Trinajstić information content (AvgIpc) is 2.40. The molecule has 2 rings (SSSR count). The van der Waals surface area contributed by atoms with Crippen molar-refractivity contribution in [3.63, 3.8) is 0 Å². The Bertz CT molecular complexity index is 358. The number of thioether (sulfide) groups is 1. The quantitative estimate of drug-likeness (QED) is 0.823. The summed E-state index contributed by atoms with van der Waals surface area (Å²) in [6.45, 7) is 2.76. The largest absolute Gasteiger partial charge is 0.329 e. The molecule has 0 aromatic carbocycles. The molecule has 0 amide bonds. The predicted octanol–water partition coefficient (Wildman–Crippen LogP) is 1.51. The van der Waals surface area contributed by atoms with E-state index in [-0.39, 0.29) is 0 Å². The fourth-order valence-electron chi connectivity index (χ4n) is 2.36. The second kappa shape index (κ2) is 6.33. The molecule has 1 fully saturated rings. The zero-order valence-electron chi connectivity index (χ0n) is 10.3. The van der Waals surface area contributed by atoms with Crippen molar-refractivity contribution < 1.29 is 0 Å². The molecule has 0 radical (unpaired) electrons. The molecule has 0 unspecified atom stereocenters. The second-order valence-corrected chi connectivity index (χ2v) is 5.16. The minimum absolute atomic E-state index is 0.514. The SMILES string of the molecule is CSc1nccnc1CN1CCCC[C@H]1CN. The molecule has 17 heavy (non-hydrogen) atoms. The number of hydrogen-bond acceptors (Lipinski definition) is 5. The summed E-state index contributed by atoms with van der Waals surface area (Å²) < 4.78 is 0. The van der Waals surface area contributed by atoms with Gasteiger partial charge < -0.3 is 5.73 Å². The molecule has 0 saturated carbocycles. The van der Waals surface area contributed by atoms with Crippen LogP contribution in [0.4, 0.5) is 0 Å². The number of likely N-dealkylation sites (tertiary alicyclic amines) is 1. The Balaban J connectivity index is 2.08. The second-order valence-electron chi connectivity index (χ2n) is 4.37. The summed E-state index contributed by atoms with van der Waals surface area (Å²) in [6, 6.07) is 0.514. The third-order valence-electron chi connectivity index (χ3n) is 3.30. The van der Waals surface area contributed by atoms with E-state index in [0.717, 1.165) is 30.4 Å². The van der Waals surface area contributed by atoms with E-state index in [4.69, 9.17) is 5.73 Å². The van der Waals surface area contributed by atoms with Gasteiger partial charge in [-0.2, -0.15) is 0 Å². The molecule has 5 heteroatoms. The van der Waals surface area contributed by atoms with Crippen molar-refractivity contribution in [2.75, 3.05) is 19.3 Å². The van der Waals surface area contributed by atoms with Gasteiger partial charge in [0.15, 0.2) is 0 Å². The van der Waals surface area contributed by atoms with Crippen LogP contribution in [0.3, 0.4) is 0 Å². The number of aromatic nitrogens is 2. The van der Waals surface area contributed by atoms with Crippen LogP contribution < -0.4 is 5.73 Å². The summed E-state index contributed by atoms with van der Waals surface area (Å²) in [7, 11) is 0. The van der Waals surface area contributed by atoms with E-state index in [1.165, 1.54) is 19.3 Å². The molecule has 0 bridgehead atoms. The van der Waals surface area contributed by atoms with Crippen molar-refractivity contribution >= 4 is 11.8 Å². The average molecular weight is 252 g/mol. The minimum atomic E-state index is 0.514. The van der Waals surface area contributed by atoms with Crippen LogP contribution in [0.2, 0.25) is 0 Å². The van der Waals surface area contributed by atoms with Gasteiger partial charge in [-0.25, -0.2) is 4.98 Å². The number of nitrogens with two attached hydrogens (primary N) is 1. The number of nitrogens with zero attached hydrogens (tertiary/aromatic N) is 3. The lowest BCUT2D eigenvalue weighted by Gasteiger charge is -2.34. The molecule has 4 nitrogen and oxygen atoms in total. The van der Waals surface area contributed by atoms with Crippen LogP contribution in [0.1, 0.15) is 25.0 Å². The molecule has 1 aliphatic rings. The van der Waals surface area contributed by atoms with Crippen LogP contribution in [0.5, 0.6) is 0 Å². The molecule has 1 aromatic rings. The fourth-order valence-corrected chi connectivity index (χ4v) is 2.88. The summed E-state index contributed by atoms with van der Waals surface area (Å²) in [5, 5.41) is 1.04. The Labute approximate surface area is 107 Å². The minimum Gasteiger partial charge on any atom is -0.329 e. The summed E-state index contributed by atoms with van der Waals surface area (Å²) >= 11 is 1.66. The molecule has 2 heterocycles. The van der Waals surface area contributed by atoms with Gasteiger partial charge in [0.1, 0.15) is 5.03 Å². The monoisotopic (exact) mass is 252 g/mol. The van der Waals surface area contributed by atoms with Gasteiger partial charge in [0.05, 0.1) is 5.69 Å². The first-order chi connectivity index (χ1) is 8.35. The van der Waals surface area contributed by atoms with Crippen LogP contribution in [0, 0.1) is 0 Å². The predicted molar refractivity (Wildman–Crippen MR) is 70.9 cm³/mol. The number of piperidine rings is 1. The third-order valence-corrected chi connectivity index (χ3v) is 4.03. The molecule has 0 aliphatic carbocycles. The maximum absolute atomic E-state index is 5.83. The Morgan fingerprint density at radius 1 is 1.41 bits per heavy atom. The summed E-state index contributed by atoms with van der Waals surface area (Å²) in [6.07, 6.45) is 9.36. The Kier molecular flexibility index (Phi) is 4.76. The standard InChI is InChI=1S/C12H20N4S/c1-17-12-11(14-5-6-15-12)9-16-7-3-2-4-10(16)8-13/h5-6,10H,2-4,7-9,13H2,1H3/t10-/m0/s1. The van der Waals surface area contributed by atoms with Gasteiger partial charge in [0, 0.05) is 31.5 Å². The molecule has 2 N–H and O–H groups in total. The van der Waals surface area contributed by atoms with Crippen LogP contribution in [-0.4, -0.2) is 40.3 Å². The van der Waals surface area contributed by atoms with Gasteiger partial charge in [-0.3, -0.25) is 9.88 Å². The highest BCUT2D eigenvalue weighted by Gasteiger charge is 2.22. The van der Waals surface area contributed by atoms with Crippen LogP contribution >= 0.6 is 11.8 Å². The third kappa shape index (κ3) is 3.18. The van der Waals surface area contributed by atoms with E-state index in [2.05, 4.69) is 14.9 Å². The molecule has 1 aliphatic heterocycles. The molecule has 0 spiro atoms. The highest BCUT2D eigenvalue weighted by atomic mass is 32.2. The Morgan fingerprint density at radius 3 is 3.00 bits per heavy atom. The Morgan fingerprint density at radius 2 is 2.24 bits per heavy atom.